The standard InChI is InChI=1S/C23H18FN3OS/c24-17-10-12-18(13-11-17)25-22(28)15-29-23-21(14-16-6-2-1-3-7-16)26-19-8-4-5-9-20(19)27-23/h1-13H,14-15H2,(H,25,28). The summed E-state index contributed by atoms with van der Waals surface area (Å²) in [6, 6.07) is 23.5. The molecule has 0 aliphatic heterocycles. The highest BCUT2D eigenvalue weighted by Gasteiger charge is 2.13. The number of rotatable bonds is 6. The van der Waals surface area contributed by atoms with Gasteiger partial charge in [0.05, 0.1) is 22.5 Å². The van der Waals surface area contributed by atoms with E-state index in [2.05, 4.69) is 5.32 Å². The number of nitrogens with one attached hydrogen (secondary N) is 1. The molecule has 1 heterocycles. The van der Waals surface area contributed by atoms with Crippen molar-refractivity contribution < 1.29 is 9.18 Å². The molecule has 0 aliphatic carbocycles. The third kappa shape index (κ3) is 4.97. The second-order valence-electron chi connectivity index (χ2n) is 6.47. The van der Waals surface area contributed by atoms with Gasteiger partial charge >= 0.3 is 0 Å². The molecule has 1 N–H and O–H groups in total. The second-order valence-corrected chi connectivity index (χ2v) is 7.43. The van der Waals surface area contributed by atoms with Crippen molar-refractivity contribution in [2.24, 2.45) is 0 Å². The molecule has 4 nitrogen and oxygen atoms in total. The van der Waals surface area contributed by atoms with E-state index >= 15 is 0 Å². The van der Waals surface area contributed by atoms with Crippen molar-refractivity contribution in [2.75, 3.05) is 11.1 Å². The number of thioether (sulfide) groups is 1. The van der Waals surface area contributed by atoms with Crippen LogP contribution in [0.25, 0.3) is 11.0 Å². The number of aromatic nitrogens is 2. The highest BCUT2D eigenvalue weighted by atomic mass is 32.2. The number of fused-ring (bicyclic) bond motifs is 1. The van der Waals surface area contributed by atoms with E-state index in [1.807, 2.05) is 54.6 Å². The van der Waals surface area contributed by atoms with Crippen LogP contribution >= 0.6 is 11.8 Å². The summed E-state index contributed by atoms with van der Waals surface area (Å²) >= 11 is 1.35. The Hall–Kier alpha value is -3.25. The Kier molecular flexibility index (Phi) is 5.81. The molecule has 1 aromatic heterocycles. The van der Waals surface area contributed by atoms with Gasteiger partial charge in [0.2, 0.25) is 5.91 Å². The molecule has 0 saturated carbocycles. The first-order chi connectivity index (χ1) is 14.2. The van der Waals surface area contributed by atoms with Gasteiger partial charge in [0, 0.05) is 12.1 Å². The van der Waals surface area contributed by atoms with Crippen molar-refractivity contribution in [2.45, 2.75) is 11.4 Å². The van der Waals surface area contributed by atoms with Crippen LogP contribution in [0.1, 0.15) is 11.3 Å². The maximum atomic E-state index is 13.0. The average Bonchev–Trinajstić information content (AvgIpc) is 2.74. The average molecular weight is 403 g/mol. The number of hydrogen-bond acceptors (Lipinski definition) is 4. The summed E-state index contributed by atoms with van der Waals surface area (Å²) in [5, 5.41) is 3.51. The summed E-state index contributed by atoms with van der Waals surface area (Å²) in [6.07, 6.45) is 0.639. The minimum Gasteiger partial charge on any atom is -0.325 e. The highest BCUT2D eigenvalue weighted by molar-refractivity contribution is 8.00. The molecule has 3 aromatic carbocycles. The topological polar surface area (TPSA) is 54.9 Å². The maximum Gasteiger partial charge on any atom is 0.234 e. The monoisotopic (exact) mass is 403 g/mol. The van der Waals surface area contributed by atoms with Gasteiger partial charge < -0.3 is 5.32 Å². The molecule has 0 saturated heterocycles. The van der Waals surface area contributed by atoms with Crippen LogP contribution in [-0.4, -0.2) is 21.6 Å². The fourth-order valence-corrected chi connectivity index (χ4v) is 3.69. The quantitative estimate of drug-likeness (QED) is 0.456. The highest BCUT2D eigenvalue weighted by Crippen LogP contribution is 2.25. The molecule has 144 valence electrons. The lowest BCUT2D eigenvalue weighted by Gasteiger charge is -2.10. The fraction of sp³-hybridized carbons (Fsp3) is 0.0870. The van der Waals surface area contributed by atoms with E-state index in [-0.39, 0.29) is 17.5 Å². The summed E-state index contributed by atoms with van der Waals surface area (Å²) in [6.45, 7) is 0. The molecule has 29 heavy (non-hydrogen) atoms. The summed E-state index contributed by atoms with van der Waals surface area (Å²) < 4.78 is 13.0. The molecule has 0 radical (unpaired) electrons. The lowest BCUT2D eigenvalue weighted by atomic mass is 10.1. The Morgan fingerprint density at radius 2 is 1.52 bits per heavy atom. The van der Waals surface area contributed by atoms with Gasteiger partial charge in [-0.15, -0.1) is 0 Å². The first-order valence-electron chi connectivity index (χ1n) is 9.15. The minimum absolute atomic E-state index is 0.178. The molecule has 0 unspecified atom stereocenters. The third-order valence-electron chi connectivity index (χ3n) is 4.29. The van der Waals surface area contributed by atoms with Gasteiger partial charge in [0.1, 0.15) is 10.8 Å². The molecular weight excluding hydrogens is 385 g/mol. The first kappa shape index (κ1) is 19.1. The predicted molar refractivity (Wildman–Crippen MR) is 115 cm³/mol. The molecule has 0 bridgehead atoms. The zero-order valence-electron chi connectivity index (χ0n) is 15.5. The van der Waals surface area contributed by atoms with Gasteiger partial charge in [-0.05, 0) is 42.0 Å². The molecule has 4 rings (SSSR count). The summed E-state index contributed by atoms with van der Waals surface area (Å²) in [5.41, 5.74) is 4.17. The Labute approximate surface area is 172 Å². The number of carbonyl (C=O) groups is 1. The zero-order chi connectivity index (χ0) is 20.1. The smallest absolute Gasteiger partial charge is 0.234 e. The van der Waals surface area contributed by atoms with Crippen molar-refractivity contribution in [3.63, 3.8) is 0 Å². The van der Waals surface area contributed by atoms with Gasteiger partial charge in [-0.25, -0.2) is 14.4 Å². The number of halogens is 1. The van der Waals surface area contributed by atoms with Gasteiger partial charge in [0.15, 0.2) is 0 Å². The van der Waals surface area contributed by atoms with Crippen LogP contribution < -0.4 is 5.32 Å². The first-order valence-corrected chi connectivity index (χ1v) is 10.1. The van der Waals surface area contributed by atoms with E-state index in [4.69, 9.17) is 9.97 Å². The molecule has 0 atom stereocenters. The van der Waals surface area contributed by atoms with E-state index in [1.54, 1.807) is 0 Å². The molecule has 0 fully saturated rings. The summed E-state index contributed by atoms with van der Waals surface area (Å²) in [5.74, 6) is -0.330. The van der Waals surface area contributed by atoms with Crippen molar-refractivity contribution >= 4 is 34.4 Å². The van der Waals surface area contributed by atoms with Crippen LogP contribution in [0, 0.1) is 5.82 Å². The van der Waals surface area contributed by atoms with Crippen LogP contribution in [0.15, 0.2) is 83.9 Å². The number of hydrogen-bond donors (Lipinski definition) is 1. The second kappa shape index (κ2) is 8.84. The SMILES string of the molecule is O=C(CSc1nc2ccccc2nc1Cc1ccccc1)Nc1ccc(F)cc1. The number of nitrogens with zero attached hydrogens (tertiary/aromatic N) is 2. The third-order valence-corrected chi connectivity index (χ3v) is 5.30. The Bertz CT molecular complexity index is 1130. The molecule has 6 heteroatoms. The van der Waals surface area contributed by atoms with Crippen LogP contribution in [0.3, 0.4) is 0 Å². The number of amides is 1. The number of anilines is 1. The normalized spacial score (nSPS) is 10.8. The minimum atomic E-state index is -0.339. The van der Waals surface area contributed by atoms with E-state index in [0.717, 1.165) is 27.3 Å². The molecule has 0 spiro atoms. The van der Waals surface area contributed by atoms with Gasteiger partial charge in [-0.2, -0.15) is 0 Å². The van der Waals surface area contributed by atoms with E-state index in [9.17, 15) is 9.18 Å². The molecule has 4 aromatic rings. The van der Waals surface area contributed by atoms with Crippen LogP contribution in [0.5, 0.6) is 0 Å². The van der Waals surface area contributed by atoms with E-state index < -0.39 is 0 Å². The van der Waals surface area contributed by atoms with Crippen LogP contribution in [-0.2, 0) is 11.2 Å². The zero-order valence-corrected chi connectivity index (χ0v) is 16.3. The largest absolute Gasteiger partial charge is 0.325 e. The van der Waals surface area contributed by atoms with E-state index in [1.165, 1.54) is 36.0 Å². The molecular formula is C23H18FN3OS. The Morgan fingerprint density at radius 3 is 2.24 bits per heavy atom. The number of benzene rings is 3. The lowest BCUT2D eigenvalue weighted by molar-refractivity contribution is -0.113. The van der Waals surface area contributed by atoms with Crippen molar-refractivity contribution in [1.82, 2.24) is 9.97 Å². The molecule has 0 aliphatic rings. The van der Waals surface area contributed by atoms with Crippen LogP contribution in [0.4, 0.5) is 10.1 Å². The maximum absolute atomic E-state index is 13.0. The number of carbonyl (C=O) groups excluding carboxylic acids is 1. The number of para-hydroxylation sites is 2. The molecule has 1 amide bonds. The summed E-state index contributed by atoms with van der Waals surface area (Å²) in [7, 11) is 0. The Balaban J connectivity index is 1.53. The van der Waals surface area contributed by atoms with Gasteiger partial charge in [-0.1, -0.05) is 54.2 Å². The van der Waals surface area contributed by atoms with E-state index in [0.29, 0.717) is 12.1 Å². The van der Waals surface area contributed by atoms with Crippen LogP contribution in [0.2, 0.25) is 0 Å². The van der Waals surface area contributed by atoms with Gasteiger partial charge in [-0.3, -0.25) is 4.79 Å². The van der Waals surface area contributed by atoms with Gasteiger partial charge in [0.25, 0.3) is 0 Å². The van der Waals surface area contributed by atoms with Crippen molar-refractivity contribution in [3.8, 4) is 0 Å². The Morgan fingerprint density at radius 1 is 0.862 bits per heavy atom. The van der Waals surface area contributed by atoms with Crippen molar-refractivity contribution in [1.29, 1.82) is 0 Å². The predicted octanol–water partition coefficient (Wildman–Crippen LogP) is 5.09. The lowest BCUT2D eigenvalue weighted by Crippen LogP contribution is -2.14. The van der Waals surface area contributed by atoms with Crippen molar-refractivity contribution in [3.05, 3.63) is 95.9 Å². The fourth-order valence-electron chi connectivity index (χ4n) is 2.90. The summed E-state index contributed by atoms with van der Waals surface area (Å²) in [4.78, 5) is 21.8.